The molecule has 0 N–H and O–H groups in total. The monoisotopic (exact) mass is 478 g/mol. The quantitative estimate of drug-likeness (QED) is 0.405. The Morgan fingerprint density at radius 1 is 0.654 bits per heavy atom. The third-order valence-electron chi connectivity index (χ3n) is 5.78. The summed E-state index contributed by atoms with van der Waals surface area (Å²) in [4.78, 5) is 0. The predicted molar refractivity (Wildman–Crippen MR) is 118 cm³/mol. The summed E-state index contributed by atoms with van der Waals surface area (Å²) in [5.41, 5.74) is 10.3. The molecule has 0 aliphatic heterocycles. The van der Waals surface area contributed by atoms with Crippen LogP contribution in [0.2, 0.25) is 13.1 Å². The first kappa shape index (κ1) is 23.6. The predicted octanol–water partition coefficient (Wildman–Crippen LogP) is 7.02. The Morgan fingerprint density at radius 2 is 1.00 bits per heavy atom. The second-order valence-corrected chi connectivity index (χ2v) is 12.5. The number of allylic oxidation sites excluding steroid dienone is 2. The van der Waals surface area contributed by atoms with Crippen molar-refractivity contribution in [3.8, 4) is 0 Å². The van der Waals surface area contributed by atoms with Gasteiger partial charge in [-0.3, -0.25) is 0 Å². The van der Waals surface area contributed by atoms with Crippen molar-refractivity contribution in [3.05, 3.63) is 81.9 Å². The summed E-state index contributed by atoms with van der Waals surface area (Å²) in [6.45, 7) is 9.83. The average molecular weight is 481 g/mol. The van der Waals surface area contributed by atoms with Crippen LogP contribution < -0.4 is 0 Å². The maximum absolute atomic E-state index is 2.58. The van der Waals surface area contributed by atoms with E-state index in [2.05, 4.69) is 87.6 Å². The second kappa shape index (κ2) is 8.74. The van der Waals surface area contributed by atoms with Gasteiger partial charge >= 0.3 is 0 Å². The molecule has 0 saturated carbocycles. The van der Waals surface area contributed by atoms with Crippen molar-refractivity contribution in [1.82, 2.24) is 0 Å². The van der Waals surface area contributed by atoms with E-state index in [-0.39, 0.29) is 51.0 Å². The molecule has 2 aliphatic rings. The van der Waals surface area contributed by atoms with Gasteiger partial charge in [0.1, 0.15) is 0 Å². The van der Waals surface area contributed by atoms with Crippen LogP contribution in [0, 0.1) is 0 Å². The maximum Gasteiger partial charge on any atom is 0.0722 e. The summed E-state index contributed by atoms with van der Waals surface area (Å²) in [7, 11) is -1.60. The molecule has 0 fully saturated rings. The van der Waals surface area contributed by atoms with Crippen LogP contribution in [0.1, 0.15) is 47.2 Å². The van der Waals surface area contributed by atoms with Crippen LogP contribution in [-0.4, -0.2) is 8.07 Å². The standard InChI is InChI=1S/C22H24Si.2ClH.Zr/c1-15-13-17-9-5-7-11-19(17)21(15)23(3,4)22-16(2)14-18-10-6-8-12-20(18)22;;;/h5-14,21-22H,1-4H3;2*1H;. The largest absolute Gasteiger partial charge is 0.147 e. The van der Waals surface area contributed by atoms with E-state index >= 15 is 0 Å². The summed E-state index contributed by atoms with van der Waals surface area (Å²) < 4.78 is 0. The van der Waals surface area contributed by atoms with Crippen LogP contribution >= 0.6 is 24.8 Å². The van der Waals surface area contributed by atoms with Crippen molar-refractivity contribution in [2.45, 2.75) is 38.0 Å². The Kier molecular flexibility index (Phi) is 7.94. The van der Waals surface area contributed by atoms with Gasteiger partial charge in [-0.05, 0) is 36.1 Å². The molecular formula is C22H26Cl2SiZr. The molecule has 0 saturated heterocycles. The van der Waals surface area contributed by atoms with Crippen LogP contribution in [0.5, 0.6) is 0 Å². The summed E-state index contributed by atoms with van der Waals surface area (Å²) >= 11 is 0. The summed E-state index contributed by atoms with van der Waals surface area (Å²) in [5, 5.41) is 0. The van der Waals surface area contributed by atoms with Crippen LogP contribution in [0.3, 0.4) is 0 Å². The number of hydrogen-bond acceptors (Lipinski definition) is 0. The van der Waals surface area contributed by atoms with Crippen molar-refractivity contribution in [3.63, 3.8) is 0 Å². The molecule has 0 aromatic heterocycles. The number of fused-ring (bicyclic) bond motifs is 2. The van der Waals surface area contributed by atoms with Crippen molar-refractivity contribution in [2.24, 2.45) is 0 Å². The molecule has 0 bridgehead atoms. The zero-order valence-electron chi connectivity index (χ0n) is 15.7. The van der Waals surface area contributed by atoms with Gasteiger partial charge in [-0.25, -0.2) is 0 Å². The van der Waals surface area contributed by atoms with Gasteiger partial charge in [-0.15, -0.1) is 24.8 Å². The van der Waals surface area contributed by atoms with Gasteiger partial charge in [0, 0.05) is 37.3 Å². The van der Waals surface area contributed by atoms with Gasteiger partial charge in [-0.1, -0.05) is 84.9 Å². The molecule has 26 heavy (non-hydrogen) atoms. The fourth-order valence-electron chi connectivity index (χ4n) is 5.10. The van der Waals surface area contributed by atoms with Crippen LogP contribution in [0.25, 0.3) is 12.2 Å². The fourth-order valence-corrected chi connectivity index (χ4v) is 10.1. The van der Waals surface area contributed by atoms with Crippen molar-refractivity contribution in [2.75, 3.05) is 0 Å². The second-order valence-electron chi connectivity index (χ2n) is 7.72. The molecule has 4 heteroatoms. The van der Waals surface area contributed by atoms with Gasteiger partial charge in [-0.2, -0.15) is 0 Å². The summed E-state index contributed by atoms with van der Waals surface area (Å²) in [6, 6.07) is 18.0. The van der Waals surface area contributed by atoms with E-state index in [1.165, 1.54) is 11.1 Å². The third kappa shape index (κ3) is 3.63. The minimum atomic E-state index is -1.60. The van der Waals surface area contributed by atoms with Gasteiger partial charge in [0.05, 0.1) is 8.07 Å². The molecular weight excluding hydrogens is 454 g/mol. The van der Waals surface area contributed by atoms with E-state index < -0.39 is 8.07 Å². The molecule has 2 unspecified atom stereocenters. The Balaban J connectivity index is 0.00000113. The van der Waals surface area contributed by atoms with Crippen molar-refractivity contribution < 1.29 is 26.2 Å². The number of halogens is 2. The molecule has 0 nitrogen and oxygen atoms in total. The van der Waals surface area contributed by atoms with E-state index in [1.54, 1.807) is 22.3 Å². The minimum Gasteiger partial charge on any atom is -0.147 e. The SMILES string of the molecule is CC1=Cc2ccccc2C1[Si](C)(C)C1C(C)=Cc2ccccc21.Cl.Cl.[Zr]. The van der Waals surface area contributed by atoms with Crippen molar-refractivity contribution >= 4 is 45.0 Å². The average Bonchev–Trinajstić information content (AvgIpc) is 3.02. The summed E-state index contributed by atoms with van der Waals surface area (Å²) in [6.07, 6.45) is 4.82. The zero-order valence-corrected chi connectivity index (χ0v) is 20.8. The number of benzene rings is 2. The first-order valence-electron chi connectivity index (χ1n) is 8.54. The first-order valence-corrected chi connectivity index (χ1v) is 11.7. The topological polar surface area (TPSA) is 0 Å². The molecule has 4 rings (SSSR count). The molecule has 136 valence electrons. The molecule has 0 spiro atoms. The van der Waals surface area contributed by atoms with E-state index in [0.29, 0.717) is 11.1 Å². The van der Waals surface area contributed by atoms with E-state index in [9.17, 15) is 0 Å². The zero-order chi connectivity index (χ0) is 16.2. The van der Waals surface area contributed by atoms with Crippen LogP contribution in [0.4, 0.5) is 0 Å². The molecule has 0 heterocycles. The third-order valence-corrected chi connectivity index (χ3v) is 10.3. The summed E-state index contributed by atoms with van der Waals surface area (Å²) in [5.74, 6) is 0. The Hall–Kier alpha value is -0.400. The minimum absolute atomic E-state index is 0. The Morgan fingerprint density at radius 3 is 1.38 bits per heavy atom. The van der Waals surface area contributed by atoms with Gasteiger partial charge in [0.15, 0.2) is 0 Å². The molecule has 2 aromatic carbocycles. The Labute approximate surface area is 190 Å². The number of hydrogen-bond donors (Lipinski definition) is 0. The molecule has 2 aromatic rings. The van der Waals surface area contributed by atoms with Crippen LogP contribution in [0.15, 0.2) is 59.7 Å². The Bertz CT molecular complexity index is 785. The van der Waals surface area contributed by atoms with E-state index in [0.717, 1.165) is 0 Å². The fraction of sp³-hybridized carbons (Fsp3) is 0.273. The smallest absolute Gasteiger partial charge is 0.0722 e. The number of rotatable bonds is 2. The normalized spacial score (nSPS) is 19.8. The molecule has 0 amide bonds. The van der Waals surface area contributed by atoms with E-state index in [1.807, 2.05) is 0 Å². The maximum atomic E-state index is 2.58. The van der Waals surface area contributed by atoms with Crippen LogP contribution in [-0.2, 0) is 26.2 Å². The van der Waals surface area contributed by atoms with Gasteiger partial charge < -0.3 is 0 Å². The first-order chi connectivity index (χ1) is 11.0. The van der Waals surface area contributed by atoms with E-state index in [4.69, 9.17) is 0 Å². The van der Waals surface area contributed by atoms with Crippen molar-refractivity contribution in [1.29, 1.82) is 0 Å². The van der Waals surface area contributed by atoms with Gasteiger partial charge in [0.25, 0.3) is 0 Å². The van der Waals surface area contributed by atoms with Gasteiger partial charge in [0.2, 0.25) is 0 Å². The molecule has 0 radical (unpaired) electrons. The molecule has 2 atom stereocenters. The molecule has 2 aliphatic carbocycles.